The second kappa shape index (κ2) is 10.9. The highest BCUT2D eigenvalue weighted by Crippen LogP contribution is 2.16. The molecule has 0 spiro atoms. The first-order valence-corrected chi connectivity index (χ1v) is 10.1. The fourth-order valence-electron chi connectivity index (χ4n) is 2.81. The molecule has 3 N–H and O–H groups in total. The van der Waals surface area contributed by atoms with Crippen LogP contribution in [0.4, 0.5) is 11.4 Å². The number of hydrogen-bond acceptors (Lipinski definition) is 4. The van der Waals surface area contributed by atoms with Gasteiger partial charge in [0.2, 0.25) is 5.91 Å². The second-order valence-electron chi connectivity index (χ2n) is 6.84. The highest BCUT2D eigenvalue weighted by molar-refractivity contribution is 7.80. The van der Waals surface area contributed by atoms with Gasteiger partial charge in [-0.25, -0.2) is 0 Å². The largest absolute Gasteiger partial charge is 0.483 e. The molecule has 7 heteroatoms. The van der Waals surface area contributed by atoms with Gasteiger partial charge in [-0.3, -0.25) is 14.9 Å². The average molecular weight is 434 g/mol. The normalized spacial score (nSPS) is 10.1. The van der Waals surface area contributed by atoms with Gasteiger partial charge in [0.05, 0.1) is 6.42 Å². The molecule has 0 heterocycles. The van der Waals surface area contributed by atoms with Gasteiger partial charge < -0.3 is 15.4 Å². The van der Waals surface area contributed by atoms with Crippen molar-refractivity contribution in [2.45, 2.75) is 13.3 Å². The zero-order chi connectivity index (χ0) is 22.1. The summed E-state index contributed by atoms with van der Waals surface area (Å²) in [7, 11) is 0. The maximum atomic E-state index is 12.1. The molecule has 0 aliphatic rings. The lowest BCUT2D eigenvalue weighted by Gasteiger charge is -2.12. The van der Waals surface area contributed by atoms with E-state index in [0.717, 1.165) is 11.1 Å². The lowest BCUT2D eigenvalue weighted by molar-refractivity contribution is -0.121. The van der Waals surface area contributed by atoms with Crippen molar-refractivity contribution < 1.29 is 14.3 Å². The minimum Gasteiger partial charge on any atom is -0.483 e. The Balaban J connectivity index is 1.43. The van der Waals surface area contributed by atoms with Crippen molar-refractivity contribution >= 4 is 40.5 Å². The van der Waals surface area contributed by atoms with E-state index in [1.165, 1.54) is 0 Å². The molecule has 0 bridgehead atoms. The minimum absolute atomic E-state index is 0.0941. The number of carbonyl (C=O) groups excluding carboxylic acids is 2. The van der Waals surface area contributed by atoms with Crippen LogP contribution in [0.5, 0.6) is 5.75 Å². The van der Waals surface area contributed by atoms with Crippen LogP contribution >= 0.6 is 12.2 Å². The van der Waals surface area contributed by atoms with Gasteiger partial charge in [-0.2, -0.15) is 0 Å². The van der Waals surface area contributed by atoms with Crippen molar-refractivity contribution in [1.29, 1.82) is 0 Å². The molecule has 31 heavy (non-hydrogen) atoms. The molecule has 0 aliphatic heterocycles. The molecule has 0 aliphatic carbocycles. The summed E-state index contributed by atoms with van der Waals surface area (Å²) in [5, 5.41) is 8.53. The smallest absolute Gasteiger partial charge is 0.264 e. The van der Waals surface area contributed by atoms with Crippen LogP contribution in [-0.2, 0) is 16.0 Å². The summed E-state index contributed by atoms with van der Waals surface area (Å²) < 4.78 is 5.51. The summed E-state index contributed by atoms with van der Waals surface area (Å²) in [4.78, 5) is 24.2. The van der Waals surface area contributed by atoms with E-state index in [9.17, 15) is 9.59 Å². The van der Waals surface area contributed by atoms with Gasteiger partial charge in [-0.1, -0.05) is 48.5 Å². The molecule has 0 fully saturated rings. The number of amides is 2. The first kappa shape index (κ1) is 22.0. The predicted octanol–water partition coefficient (Wildman–Crippen LogP) is 4.07. The molecule has 0 saturated heterocycles. The Morgan fingerprint density at radius 3 is 2.10 bits per heavy atom. The highest BCUT2D eigenvalue weighted by Gasteiger charge is 2.08. The number of ether oxygens (including phenoxy) is 1. The number of hydrogen-bond donors (Lipinski definition) is 3. The Morgan fingerprint density at radius 1 is 0.806 bits per heavy atom. The first-order valence-electron chi connectivity index (χ1n) is 9.73. The molecule has 158 valence electrons. The maximum Gasteiger partial charge on any atom is 0.264 e. The SMILES string of the molecule is Cc1ccccc1OCC(=O)NC(=S)Nc1ccc(NC(=O)Cc2ccccc2)cc1. The molecule has 2 amide bonds. The van der Waals surface area contributed by atoms with Crippen LogP contribution in [-0.4, -0.2) is 23.5 Å². The molecule has 3 aromatic rings. The highest BCUT2D eigenvalue weighted by atomic mass is 32.1. The third-order valence-electron chi connectivity index (χ3n) is 4.34. The number of aryl methyl sites for hydroxylation is 1. The summed E-state index contributed by atoms with van der Waals surface area (Å²) in [6.45, 7) is 1.77. The third kappa shape index (κ3) is 7.24. The molecule has 0 saturated carbocycles. The third-order valence-corrected chi connectivity index (χ3v) is 4.54. The number of rotatable bonds is 7. The Morgan fingerprint density at radius 2 is 1.42 bits per heavy atom. The molecular weight excluding hydrogens is 410 g/mol. The van der Waals surface area contributed by atoms with Crippen molar-refractivity contribution in [3.8, 4) is 5.75 Å². The van der Waals surface area contributed by atoms with E-state index < -0.39 is 0 Å². The zero-order valence-corrected chi connectivity index (χ0v) is 17.9. The van der Waals surface area contributed by atoms with E-state index in [1.807, 2.05) is 55.5 Å². The summed E-state index contributed by atoms with van der Waals surface area (Å²) in [6.07, 6.45) is 0.307. The Kier molecular flexibility index (Phi) is 7.73. The molecule has 0 atom stereocenters. The Labute approximate surface area is 186 Å². The summed E-state index contributed by atoms with van der Waals surface area (Å²) >= 11 is 5.18. The van der Waals surface area contributed by atoms with Crippen molar-refractivity contribution in [1.82, 2.24) is 5.32 Å². The Bertz CT molecular complexity index is 1050. The van der Waals surface area contributed by atoms with Crippen LogP contribution in [0.1, 0.15) is 11.1 Å². The van der Waals surface area contributed by atoms with Crippen LogP contribution in [0, 0.1) is 6.92 Å². The van der Waals surface area contributed by atoms with Crippen molar-refractivity contribution in [2.24, 2.45) is 0 Å². The predicted molar refractivity (Wildman–Crippen MR) is 126 cm³/mol. The number of thiocarbonyl (C=S) groups is 1. The number of carbonyl (C=O) groups is 2. The van der Waals surface area contributed by atoms with E-state index in [-0.39, 0.29) is 23.5 Å². The van der Waals surface area contributed by atoms with Crippen LogP contribution < -0.4 is 20.7 Å². The quantitative estimate of drug-likeness (QED) is 0.490. The number of benzene rings is 3. The zero-order valence-electron chi connectivity index (χ0n) is 17.1. The number of para-hydroxylation sites is 1. The first-order chi connectivity index (χ1) is 15.0. The molecule has 0 radical (unpaired) electrons. The standard InChI is InChI=1S/C24H23N3O3S/c1-17-7-5-6-10-21(17)30-16-23(29)27-24(31)26-20-13-11-19(12-14-20)25-22(28)15-18-8-3-2-4-9-18/h2-14H,15-16H2,1H3,(H,25,28)(H2,26,27,29,31). The van der Waals surface area contributed by atoms with E-state index in [0.29, 0.717) is 23.5 Å². The second-order valence-corrected chi connectivity index (χ2v) is 7.25. The molecule has 0 aromatic heterocycles. The molecule has 6 nitrogen and oxygen atoms in total. The van der Waals surface area contributed by atoms with Gasteiger partial charge in [0, 0.05) is 11.4 Å². The molecular formula is C24H23N3O3S. The fraction of sp³-hybridized carbons (Fsp3) is 0.125. The van der Waals surface area contributed by atoms with E-state index in [2.05, 4.69) is 16.0 Å². The molecule has 0 unspecified atom stereocenters. The van der Waals surface area contributed by atoms with E-state index in [1.54, 1.807) is 30.3 Å². The summed E-state index contributed by atoms with van der Waals surface area (Å²) in [6, 6.07) is 24.1. The van der Waals surface area contributed by atoms with Gasteiger partial charge in [-0.15, -0.1) is 0 Å². The number of nitrogens with one attached hydrogen (secondary N) is 3. The van der Waals surface area contributed by atoms with Crippen molar-refractivity contribution in [3.05, 3.63) is 90.0 Å². The fourth-order valence-corrected chi connectivity index (χ4v) is 3.04. The number of anilines is 2. The van der Waals surface area contributed by atoms with Crippen LogP contribution in [0.25, 0.3) is 0 Å². The maximum absolute atomic E-state index is 12.1. The van der Waals surface area contributed by atoms with Crippen molar-refractivity contribution in [2.75, 3.05) is 17.2 Å². The van der Waals surface area contributed by atoms with Gasteiger partial charge in [-0.05, 0) is 60.6 Å². The van der Waals surface area contributed by atoms with Gasteiger partial charge in [0.15, 0.2) is 11.7 Å². The van der Waals surface area contributed by atoms with Gasteiger partial charge >= 0.3 is 0 Å². The monoisotopic (exact) mass is 433 g/mol. The lowest BCUT2D eigenvalue weighted by Crippen LogP contribution is -2.37. The van der Waals surface area contributed by atoms with E-state index in [4.69, 9.17) is 17.0 Å². The topological polar surface area (TPSA) is 79.5 Å². The van der Waals surface area contributed by atoms with Gasteiger partial charge in [0.25, 0.3) is 5.91 Å². The van der Waals surface area contributed by atoms with Crippen LogP contribution in [0.2, 0.25) is 0 Å². The van der Waals surface area contributed by atoms with Crippen molar-refractivity contribution in [3.63, 3.8) is 0 Å². The Hall–Kier alpha value is -3.71. The van der Waals surface area contributed by atoms with E-state index >= 15 is 0 Å². The molecule has 3 aromatic carbocycles. The lowest BCUT2D eigenvalue weighted by atomic mass is 10.1. The summed E-state index contributed by atoms with van der Waals surface area (Å²) in [5.41, 5.74) is 3.26. The average Bonchev–Trinajstić information content (AvgIpc) is 2.75. The van der Waals surface area contributed by atoms with Gasteiger partial charge in [0.1, 0.15) is 5.75 Å². The summed E-state index contributed by atoms with van der Waals surface area (Å²) in [5.74, 6) is 0.204. The van der Waals surface area contributed by atoms with Crippen LogP contribution in [0.3, 0.4) is 0 Å². The molecule has 3 rings (SSSR count). The van der Waals surface area contributed by atoms with Crippen LogP contribution in [0.15, 0.2) is 78.9 Å². The minimum atomic E-state index is -0.356.